The van der Waals surface area contributed by atoms with Gasteiger partial charge in [-0.3, -0.25) is 0 Å². The number of hydrogen-bond donors (Lipinski definition) is 1. The zero-order valence-corrected chi connectivity index (χ0v) is 10.0. The molecule has 0 aliphatic heterocycles. The van der Waals surface area contributed by atoms with Gasteiger partial charge in [-0.1, -0.05) is 32.0 Å². The Kier molecular flexibility index (Phi) is 3.59. The molecule has 16 heavy (non-hydrogen) atoms. The van der Waals surface area contributed by atoms with E-state index in [1.807, 2.05) is 12.1 Å². The summed E-state index contributed by atoms with van der Waals surface area (Å²) in [6.07, 6.45) is 2.65. The Morgan fingerprint density at radius 1 is 1.31 bits per heavy atom. The van der Waals surface area contributed by atoms with E-state index in [9.17, 15) is 4.39 Å². The van der Waals surface area contributed by atoms with Gasteiger partial charge in [0.2, 0.25) is 0 Å². The fraction of sp³-hybridized carbons (Fsp3) is 0.571. The molecule has 1 aromatic carbocycles. The minimum absolute atomic E-state index is 0.103. The highest BCUT2D eigenvalue weighted by atomic mass is 19.1. The standard InChI is InChI=1S/C14H20FN/c1-10(2)14(11-7-8-11)16-9-12-5-3-4-6-13(12)15/h3-6,10-11,14,16H,7-9H2,1-2H3. The van der Waals surface area contributed by atoms with Crippen LogP contribution in [0, 0.1) is 17.7 Å². The van der Waals surface area contributed by atoms with Crippen molar-refractivity contribution in [1.82, 2.24) is 5.32 Å². The Morgan fingerprint density at radius 2 is 2.00 bits per heavy atom. The lowest BCUT2D eigenvalue weighted by molar-refractivity contribution is 0.357. The third-order valence-corrected chi connectivity index (χ3v) is 3.33. The third-order valence-electron chi connectivity index (χ3n) is 3.33. The molecule has 1 nitrogen and oxygen atoms in total. The quantitative estimate of drug-likeness (QED) is 0.804. The van der Waals surface area contributed by atoms with Gasteiger partial charge in [-0.25, -0.2) is 4.39 Å². The number of rotatable bonds is 5. The van der Waals surface area contributed by atoms with Crippen LogP contribution in [0.2, 0.25) is 0 Å². The molecule has 0 saturated heterocycles. The van der Waals surface area contributed by atoms with Crippen molar-refractivity contribution in [2.45, 2.75) is 39.3 Å². The molecule has 0 heterocycles. The Hall–Kier alpha value is -0.890. The van der Waals surface area contributed by atoms with E-state index in [1.165, 1.54) is 18.9 Å². The van der Waals surface area contributed by atoms with Gasteiger partial charge in [-0.05, 0) is 30.7 Å². The van der Waals surface area contributed by atoms with Gasteiger partial charge >= 0.3 is 0 Å². The maximum absolute atomic E-state index is 13.4. The van der Waals surface area contributed by atoms with Crippen LogP contribution in [0.25, 0.3) is 0 Å². The van der Waals surface area contributed by atoms with E-state index in [0.717, 1.165) is 11.5 Å². The molecule has 1 aliphatic rings. The Bertz CT molecular complexity index is 342. The first-order chi connectivity index (χ1) is 7.68. The maximum Gasteiger partial charge on any atom is 0.127 e. The van der Waals surface area contributed by atoms with Crippen molar-refractivity contribution in [3.8, 4) is 0 Å². The number of hydrogen-bond acceptors (Lipinski definition) is 1. The number of benzene rings is 1. The van der Waals surface area contributed by atoms with Crippen LogP contribution in [0.3, 0.4) is 0 Å². The van der Waals surface area contributed by atoms with Gasteiger partial charge < -0.3 is 5.32 Å². The highest BCUT2D eigenvalue weighted by Crippen LogP contribution is 2.35. The first-order valence-electron chi connectivity index (χ1n) is 6.15. The van der Waals surface area contributed by atoms with Gasteiger partial charge in [0, 0.05) is 18.2 Å². The molecule has 1 aromatic rings. The fourth-order valence-electron chi connectivity index (χ4n) is 2.27. The predicted octanol–water partition coefficient (Wildman–Crippen LogP) is 3.35. The molecule has 2 heteroatoms. The molecular formula is C14H20FN. The molecule has 1 N–H and O–H groups in total. The molecule has 1 saturated carbocycles. The average Bonchev–Trinajstić information content (AvgIpc) is 3.04. The molecule has 0 radical (unpaired) electrons. The molecule has 0 amide bonds. The van der Waals surface area contributed by atoms with Gasteiger partial charge in [0.1, 0.15) is 5.82 Å². The van der Waals surface area contributed by atoms with Crippen LogP contribution in [0.15, 0.2) is 24.3 Å². The molecule has 2 rings (SSSR count). The van der Waals surface area contributed by atoms with Gasteiger partial charge in [0.25, 0.3) is 0 Å². The van der Waals surface area contributed by atoms with Gasteiger partial charge in [-0.2, -0.15) is 0 Å². The summed E-state index contributed by atoms with van der Waals surface area (Å²) in [5.41, 5.74) is 0.772. The normalized spacial score (nSPS) is 17.8. The van der Waals surface area contributed by atoms with E-state index < -0.39 is 0 Å². The Balaban J connectivity index is 1.93. The maximum atomic E-state index is 13.4. The monoisotopic (exact) mass is 221 g/mol. The molecule has 1 atom stereocenters. The molecule has 0 spiro atoms. The van der Waals surface area contributed by atoms with E-state index in [4.69, 9.17) is 0 Å². The van der Waals surface area contributed by atoms with Crippen molar-refractivity contribution < 1.29 is 4.39 Å². The highest BCUT2D eigenvalue weighted by Gasteiger charge is 2.32. The van der Waals surface area contributed by atoms with Crippen molar-refractivity contribution in [3.05, 3.63) is 35.6 Å². The van der Waals surface area contributed by atoms with Crippen LogP contribution in [-0.2, 0) is 6.54 Å². The minimum atomic E-state index is -0.103. The zero-order chi connectivity index (χ0) is 11.5. The first kappa shape index (κ1) is 11.6. The molecule has 1 fully saturated rings. The topological polar surface area (TPSA) is 12.0 Å². The summed E-state index contributed by atoms with van der Waals surface area (Å²) in [6.45, 7) is 5.11. The second kappa shape index (κ2) is 4.96. The SMILES string of the molecule is CC(C)C(NCc1ccccc1F)C1CC1. The molecule has 0 bridgehead atoms. The number of halogens is 1. The predicted molar refractivity (Wildman–Crippen MR) is 64.6 cm³/mol. The molecule has 1 aliphatic carbocycles. The fourth-order valence-corrected chi connectivity index (χ4v) is 2.27. The van der Waals surface area contributed by atoms with Crippen molar-refractivity contribution in [3.63, 3.8) is 0 Å². The van der Waals surface area contributed by atoms with Crippen LogP contribution in [0.4, 0.5) is 4.39 Å². The van der Waals surface area contributed by atoms with E-state index in [0.29, 0.717) is 18.5 Å². The van der Waals surface area contributed by atoms with E-state index >= 15 is 0 Å². The lowest BCUT2D eigenvalue weighted by atomic mass is 9.99. The summed E-state index contributed by atoms with van der Waals surface area (Å²) in [7, 11) is 0. The smallest absolute Gasteiger partial charge is 0.127 e. The summed E-state index contributed by atoms with van der Waals surface area (Å²) in [5, 5.41) is 3.50. The molecule has 88 valence electrons. The van der Waals surface area contributed by atoms with Crippen molar-refractivity contribution in [2.24, 2.45) is 11.8 Å². The van der Waals surface area contributed by atoms with E-state index in [2.05, 4.69) is 19.2 Å². The summed E-state index contributed by atoms with van der Waals surface area (Å²) < 4.78 is 13.4. The second-order valence-electron chi connectivity index (χ2n) is 5.08. The van der Waals surface area contributed by atoms with Crippen LogP contribution in [0.5, 0.6) is 0 Å². The van der Waals surface area contributed by atoms with Gasteiger partial charge in [0.15, 0.2) is 0 Å². The largest absolute Gasteiger partial charge is 0.309 e. The minimum Gasteiger partial charge on any atom is -0.309 e. The molecule has 0 aromatic heterocycles. The summed E-state index contributed by atoms with van der Waals surface area (Å²) >= 11 is 0. The Morgan fingerprint density at radius 3 is 2.56 bits per heavy atom. The van der Waals surface area contributed by atoms with E-state index in [1.54, 1.807) is 6.07 Å². The van der Waals surface area contributed by atoms with Crippen molar-refractivity contribution in [2.75, 3.05) is 0 Å². The van der Waals surface area contributed by atoms with Crippen molar-refractivity contribution >= 4 is 0 Å². The Labute approximate surface area is 97.1 Å². The lowest BCUT2D eigenvalue weighted by Gasteiger charge is -2.22. The first-order valence-corrected chi connectivity index (χ1v) is 6.15. The molecular weight excluding hydrogens is 201 g/mol. The highest BCUT2D eigenvalue weighted by molar-refractivity contribution is 5.17. The zero-order valence-electron chi connectivity index (χ0n) is 10.0. The van der Waals surface area contributed by atoms with Gasteiger partial charge in [-0.15, -0.1) is 0 Å². The van der Waals surface area contributed by atoms with Crippen LogP contribution in [0.1, 0.15) is 32.3 Å². The third kappa shape index (κ3) is 2.82. The van der Waals surface area contributed by atoms with Crippen LogP contribution in [-0.4, -0.2) is 6.04 Å². The van der Waals surface area contributed by atoms with Crippen LogP contribution < -0.4 is 5.32 Å². The van der Waals surface area contributed by atoms with E-state index in [-0.39, 0.29) is 5.82 Å². The summed E-state index contributed by atoms with van der Waals surface area (Å²) in [4.78, 5) is 0. The molecule has 1 unspecified atom stereocenters. The average molecular weight is 221 g/mol. The van der Waals surface area contributed by atoms with Crippen molar-refractivity contribution in [1.29, 1.82) is 0 Å². The lowest BCUT2D eigenvalue weighted by Crippen LogP contribution is -2.35. The summed E-state index contributed by atoms with van der Waals surface area (Å²) in [5.74, 6) is 1.33. The van der Waals surface area contributed by atoms with Crippen LogP contribution >= 0.6 is 0 Å². The number of nitrogens with one attached hydrogen (secondary N) is 1. The summed E-state index contributed by atoms with van der Waals surface area (Å²) in [6, 6.07) is 7.55. The van der Waals surface area contributed by atoms with Gasteiger partial charge in [0.05, 0.1) is 0 Å². The second-order valence-corrected chi connectivity index (χ2v) is 5.08.